The third kappa shape index (κ3) is 8.23. The maximum Gasteiger partial charge on any atom is 0.135 e. The summed E-state index contributed by atoms with van der Waals surface area (Å²) in [7, 11) is 0. The SMILES string of the molecule is CCCCCCCCC=CCCC1CCCCC1=O. The molecule has 0 N–H and O–H groups in total. The predicted octanol–water partition coefficient (Wildman–Crippen LogP) is 5.83. The van der Waals surface area contributed by atoms with Crippen molar-refractivity contribution < 1.29 is 4.79 Å². The highest BCUT2D eigenvalue weighted by Gasteiger charge is 2.20. The molecule has 1 aliphatic carbocycles. The number of hydrogen-bond donors (Lipinski definition) is 0. The van der Waals surface area contributed by atoms with E-state index < -0.39 is 0 Å². The third-order valence-electron chi connectivity index (χ3n) is 4.25. The lowest BCUT2D eigenvalue weighted by Crippen LogP contribution is -2.18. The molecule has 1 rings (SSSR count). The van der Waals surface area contributed by atoms with Gasteiger partial charge in [0.25, 0.3) is 0 Å². The van der Waals surface area contributed by atoms with Crippen LogP contribution in [0.15, 0.2) is 12.2 Å². The molecule has 110 valence electrons. The first kappa shape index (κ1) is 16.5. The second-order valence-electron chi connectivity index (χ2n) is 6.01. The van der Waals surface area contributed by atoms with Crippen LogP contribution in [0.3, 0.4) is 0 Å². The van der Waals surface area contributed by atoms with Crippen LogP contribution in [0.5, 0.6) is 0 Å². The first-order valence-electron chi connectivity index (χ1n) is 8.52. The molecule has 0 saturated heterocycles. The van der Waals surface area contributed by atoms with Gasteiger partial charge >= 0.3 is 0 Å². The van der Waals surface area contributed by atoms with Crippen molar-refractivity contribution >= 4 is 5.78 Å². The molecule has 0 aliphatic heterocycles. The smallest absolute Gasteiger partial charge is 0.135 e. The standard InChI is InChI=1S/C18H32O/c1-2-3-4-5-6-7-8-9-10-11-14-17-15-12-13-16-18(17)19/h9-10,17H,2-8,11-16H2,1H3. The summed E-state index contributed by atoms with van der Waals surface area (Å²) in [5.74, 6) is 0.906. The number of ketones is 1. The molecule has 0 spiro atoms. The lowest BCUT2D eigenvalue weighted by Gasteiger charge is -2.19. The van der Waals surface area contributed by atoms with Crippen molar-refractivity contribution in [1.29, 1.82) is 0 Å². The summed E-state index contributed by atoms with van der Waals surface area (Å²) in [5.41, 5.74) is 0. The van der Waals surface area contributed by atoms with Crippen molar-refractivity contribution in [2.75, 3.05) is 0 Å². The Morgan fingerprint density at radius 3 is 2.53 bits per heavy atom. The van der Waals surface area contributed by atoms with E-state index in [4.69, 9.17) is 0 Å². The fraction of sp³-hybridized carbons (Fsp3) is 0.833. The van der Waals surface area contributed by atoms with Crippen LogP contribution in [0, 0.1) is 5.92 Å². The zero-order chi connectivity index (χ0) is 13.8. The Morgan fingerprint density at radius 1 is 1.00 bits per heavy atom. The number of Topliss-reactive ketones (excluding diaryl/α,β-unsaturated/α-hetero) is 1. The average molecular weight is 264 g/mol. The topological polar surface area (TPSA) is 17.1 Å². The summed E-state index contributed by atoms with van der Waals surface area (Å²) < 4.78 is 0. The van der Waals surface area contributed by atoms with E-state index in [2.05, 4.69) is 19.1 Å². The van der Waals surface area contributed by atoms with Gasteiger partial charge in [-0.1, -0.05) is 57.6 Å². The summed E-state index contributed by atoms with van der Waals surface area (Å²) in [6, 6.07) is 0. The number of allylic oxidation sites excluding steroid dienone is 2. The van der Waals surface area contributed by atoms with Crippen molar-refractivity contribution in [3.05, 3.63) is 12.2 Å². The average Bonchev–Trinajstić information content (AvgIpc) is 2.43. The Bertz CT molecular complexity index is 254. The van der Waals surface area contributed by atoms with Gasteiger partial charge in [-0.3, -0.25) is 4.79 Å². The summed E-state index contributed by atoms with van der Waals surface area (Å²) >= 11 is 0. The molecule has 1 saturated carbocycles. The Labute approximate surface area is 119 Å². The van der Waals surface area contributed by atoms with Gasteiger partial charge in [-0.2, -0.15) is 0 Å². The molecule has 1 fully saturated rings. The van der Waals surface area contributed by atoms with E-state index in [-0.39, 0.29) is 0 Å². The Morgan fingerprint density at radius 2 is 1.74 bits per heavy atom. The van der Waals surface area contributed by atoms with Gasteiger partial charge in [-0.25, -0.2) is 0 Å². The lowest BCUT2D eigenvalue weighted by molar-refractivity contribution is -0.124. The second-order valence-corrected chi connectivity index (χ2v) is 6.01. The maximum absolute atomic E-state index is 11.7. The van der Waals surface area contributed by atoms with Crippen molar-refractivity contribution in [2.45, 2.75) is 90.4 Å². The van der Waals surface area contributed by atoms with Gasteiger partial charge in [0.05, 0.1) is 0 Å². The fourth-order valence-corrected chi connectivity index (χ4v) is 2.94. The highest BCUT2D eigenvalue weighted by atomic mass is 16.1. The molecule has 0 aromatic heterocycles. The van der Waals surface area contributed by atoms with Crippen LogP contribution in [-0.4, -0.2) is 5.78 Å². The van der Waals surface area contributed by atoms with Crippen molar-refractivity contribution in [3.8, 4) is 0 Å². The van der Waals surface area contributed by atoms with E-state index in [0.29, 0.717) is 11.7 Å². The monoisotopic (exact) mass is 264 g/mol. The van der Waals surface area contributed by atoms with Crippen molar-refractivity contribution in [1.82, 2.24) is 0 Å². The quantitative estimate of drug-likeness (QED) is 0.358. The van der Waals surface area contributed by atoms with Gasteiger partial charge in [0.2, 0.25) is 0 Å². The highest BCUT2D eigenvalue weighted by molar-refractivity contribution is 5.81. The fourth-order valence-electron chi connectivity index (χ4n) is 2.94. The number of rotatable bonds is 10. The van der Waals surface area contributed by atoms with Gasteiger partial charge < -0.3 is 0 Å². The van der Waals surface area contributed by atoms with E-state index in [1.807, 2.05) is 0 Å². The van der Waals surface area contributed by atoms with Crippen LogP contribution in [0.1, 0.15) is 90.4 Å². The van der Waals surface area contributed by atoms with Crippen molar-refractivity contribution in [3.63, 3.8) is 0 Å². The third-order valence-corrected chi connectivity index (χ3v) is 4.25. The molecular weight excluding hydrogens is 232 g/mol. The van der Waals surface area contributed by atoms with Crippen LogP contribution >= 0.6 is 0 Å². The van der Waals surface area contributed by atoms with E-state index in [1.54, 1.807) is 0 Å². The molecular formula is C18H32O. The van der Waals surface area contributed by atoms with Crippen LogP contribution in [0.2, 0.25) is 0 Å². The molecule has 1 heteroatoms. The van der Waals surface area contributed by atoms with Gasteiger partial charge in [0.15, 0.2) is 0 Å². The minimum atomic E-state index is 0.382. The highest BCUT2D eigenvalue weighted by Crippen LogP contribution is 2.24. The van der Waals surface area contributed by atoms with Gasteiger partial charge in [0.1, 0.15) is 5.78 Å². The summed E-state index contributed by atoms with van der Waals surface area (Å²) in [6.07, 6.45) is 20.7. The first-order valence-corrected chi connectivity index (χ1v) is 8.52. The molecule has 1 aliphatic rings. The molecule has 0 aromatic rings. The minimum absolute atomic E-state index is 0.382. The van der Waals surface area contributed by atoms with E-state index >= 15 is 0 Å². The normalized spacial score (nSPS) is 20.3. The van der Waals surface area contributed by atoms with Crippen LogP contribution in [0.25, 0.3) is 0 Å². The molecule has 0 heterocycles. The van der Waals surface area contributed by atoms with Gasteiger partial charge in [0, 0.05) is 12.3 Å². The number of hydrogen-bond acceptors (Lipinski definition) is 1. The number of unbranched alkanes of at least 4 members (excludes halogenated alkanes) is 6. The van der Waals surface area contributed by atoms with Crippen molar-refractivity contribution in [2.24, 2.45) is 5.92 Å². The number of carbonyl (C=O) groups is 1. The van der Waals surface area contributed by atoms with E-state index in [1.165, 1.54) is 51.4 Å². The molecule has 0 bridgehead atoms. The number of carbonyl (C=O) groups excluding carboxylic acids is 1. The molecule has 1 atom stereocenters. The van der Waals surface area contributed by atoms with Crippen LogP contribution in [0.4, 0.5) is 0 Å². The van der Waals surface area contributed by atoms with Gasteiger partial charge in [-0.05, 0) is 38.5 Å². The molecule has 1 unspecified atom stereocenters. The molecule has 0 amide bonds. The largest absolute Gasteiger partial charge is 0.299 e. The summed E-state index contributed by atoms with van der Waals surface area (Å²) in [4.78, 5) is 11.7. The Balaban J connectivity index is 1.91. The maximum atomic E-state index is 11.7. The van der Waals surface area contributed by atoms with Crippen LogP contribution < -0.4 is 0 Å². The molecule has 0 aromatic carbocycles. The minimum Gasteiger partial charge on any atom is -0.299 e. The molecule has 0 radical (unpaired) electrons. The van der Waals surface area contributed by atoms with Gasteiger partial charge in [-0.15, -0.1) is 0 Å². The lowest BCUT2D eigenvalue weighted by atomic mass is 9.85. The van der Waals surface area contributed by atoms with E-state index in [9.17, 15) is 4.79 Å². The molecule has 1 nitrogen and oxygen atoms in total. The second kappa shape index (κ2) is 11.3. The summed E-state index contributed by atoms with van der Waals surface area (Å²) in [6.45, 7) is 2.26. The van der Waals surface area contributed by atoms with Crippen LogP contribution in [-0.2, 0) is 4.79 Å². The zero-order valence-corrected chi connectivity index (χ0v) is 12.8. The molecule has 19 heavy (non-hydrogen) atoms. The first-order chi connectivity index (χ1) is 9.34. The summed E-state index contributed by atoms with van der Waals surface area (Å²) in [5, 5.41) is 0. The zero-order valence-electron chi connectivity index (χ0n) is 12.8. The van der Waals surface area contributed by atoms with E-state index in [0.717, 1.165) is 32.1 Å². The predicted molar refractivity (Wildman–Crippen MR) is 83.3 cm³/mol. The Hall–Kier alpha value is -0.590. The Kier molecular flexibility index (Phi) is 9.75.